The summed E-state index contributed by atoms with van der Waals surface area (Å²) in [6.07, 6.45) is 3.92. The van der Waals surface area contributed by atoms with Gasteiger partial charge in [-0.3, -0.25) is 4.79 Å². The molecule has 0 unspecified atom stereocenters. The number of carbonyl (C=O) groups excluding carboxylic acids is 1. The van der Waals surface area contributed by atoms with Crippen molar-refractivity contribution in [2.24, 2.45) is 5.14 Å². The Bertz CT molecular complexity index is 1030. The number of carbonyl (C=O) groups is 1. The Kier molecular flexibility index (Phi) is 5.71. The molecular formula is C20H22N2O5S. The lowest BCUT2D eigenvalue weighted by atomic mass is 10.1. The first kappa shape index (κ1) is 19.9. The molecule has 0 saturated heterocycles. The number of hydrogen-bond donors (Lipinski definition) is 2. The summed E-state index contributed by atoms with van der Waals surface area (Å²) in [7, 11) is -3.84. The third-order valence-electron chi connectivity index (χ3n) is 4.17. The molecule has 2 aromatic rings. The Labute approximate surface area is 164 Å². The second-order valence-electron chi connectivity index (χ2n) is 6.46. The van der Waals surface area contributed by atoms with Crippen molar-refractivity contribution < 1.29 is 22.7 Å². The van der Waals surface area contributed by atoms with Crippen molar-refractivity contribution in [3.63, 3.8) is 0 Å². The molecule has 0 fully saturated rings. The van der Waals surface area contributed by atoms with Crippen molar-refractivity contribution in [1.29, 1.82) is 0 Å². The highest BCUT2D eigenvalue weighted by Gasteiger charge is 2.21. The number of nitrogens with one attached hydrogen (secondary N) is 1. The van der Waals surface area contributed by atoms with Crippen LogP contribution in [-0.2, 0) is 21.2 Å². The van der Waals surface area contributed by atoms with Gasteiger partial charge in [0.25, 0.3) is 0 Å². The molecule has 3 rings (SSSR count). The third kappa shape index (κ3) is 4.71. The van der Waals surface area contributed by atoms with Gasteiger partial charge in [0.05, 0.1) is 11.5 Å². The van der Waals surface area contributed by atoms with Crippen molar-refractivity contribution >= 4 is 27.7 Å². The van der Waals surface area contributed by atoms with Gasteiger partial charge in [-0.15, -0.1) is 0 Å². The number of hydrogen-bond acceptors (Lipinski definition) is 5. The van der Waals surface area contributed by atoms with E-state index < -0.39 is 15.9 Å². The number of nitrogens with two attached hydrogens (primary N) is 1. The van der Waals surface area contributed by atoms with Crippen molar-refractivity contribution in [3.05, 3.63) is 53.6 Å². The van der Waals surface area contributed by atoms with Gasteiger partial charge in [-0.1, -0.05) is 6.07 Å². The smallest absolute Gasteiger partial charge is 0.248 e. The van der Waals surface area contributed by atoms with Gasteiger partial charge in [-0.2, -0.15) is 0 Å². The van der Waals surface area contributed by atoms with Gasteiger partial charge >= 0.3 is 0 Å². The SMILES string of the molecule is CCOc1cc2c(cc1/C=C/C(=O)Nc1cccc(S(N)(=O)=O)c1)O[C@H](C)C2. The van der Waals surface area contributed by atoms with E-state index >= 15 is 0 Å². The summed E-state index contributed by atoms with van der Waals surface area (Å²) in [5, 5.41) is 7.73. The van der Waals surface area contributed by atoms with Crippen LogP contribution in [0.3, 0.4) is 0 Å². The van der Waals surface area contributed by atoms with Gasteiger partial charge in [0.15, 0.2) is 0 Å². The summed E-state index contributed by atoms with van der Waals surface area (Å²) in [4.78, 5) is 12.2. The van der Waals surface area contributed by atoms with E-state index in [4.69, 9.17) is 14.6 Å². The topological polar surface area (TPSA) is 108 Å². The number of sulfonamides is 1. The van der Waals surface area contributed by atoms with Gasteiger partial charge in [-0.25, -0.2) is 13.6 Å². The predicted molar refractivity (Wildman–Crippen MR) is 107 cm³/mol. The van der Waals surface area contributed by atoms with Crippen LogP contribution in [0.1, 0.15) is 25.0 Å². The number of fused-ring (bicyclic) bond motifs is 1. The highest BCUT2D eigenvalue weighted by molar-refractivity contribution is 7.89. The maximum absolute atomic E-state index is 12.3. The first-order valence-corrected chi connectivity index (χ1v) is 10.4. The number of rotatable bonds is 6. The first-order valence-electron chi connectivity index (χ1n) is 8.84. The van der Waals surface area contributed by atoms with E-state index in [0.717, 1.165) is 23.3 Å². The molecule has 8 heteroatoms. The molecule has 1 aliphatic rings. The monoisotopic (exact) mass is 402 g/mol. The van der Waals surface area contributed by atoms with E-state index in [2.05, 4.69) is 5.32 Å². The van der Waals surface area contributed by atoms with Crippen LogP contribution in [0.15, 0.2) is 47.4 Å². The van der Waals surface area contributed by atoms with Crippen LogP contribution in [-0.4, -0.2) is 27.0 Å². The molecule has 0 bridgehead atoms. The summed E-state index contributed by atoms with van der Waals surface area (Å²) in [6, 6.07) is 9.55. The van der Waals surface area contributed by atoms with Crippen LogP contribution in [0.2, 0.25) is 0 Å². The standard InChI is InChI=1S/C20H22N2O5S/c1-3-26-18-11-15-9-13(2)27-19(15)10-14(18)7-8-20(23)22-16-5-4-6-17(12-16)28(21,24)25/h4-8,10-13H,3,9H2,1-2H3,(H,22,23)(H2,21,24,25)/b8-7+/t13-/m1/s1. The number of ether oxygens (including phenoxy) is 2. The maximum atomic E-state index is 12.3. The highest BCUT2D eigenvalue weighted by atomic mass is 32.2. The molecule has 3 N–H and O–H groups in total. The van der Waals surface area contributed by atoms with Crippen LogP contribution < -0.4 is 19.9 Å². The van der Waals surface area contributed by atoms with Gasteiger partial charge in [0.1, 0.15) is 17.6 Å². The average molecular weight is 402 g/mol. The molecule has 148 valence electrons. The largest absolute Gasteiger partial charge is 0.493 e. The average Bonchev–Trinajstić information content (AvgIpc) is 2.98. The molecule has 1 aliphatic heterocycles. The van der Waals surface area contributed by atoms with Gasteiger partial charge < -0.3 is 14.8 Å². The lowest BCUT2D eigenvalue weighted by Crippen LogP contribution is -2.13. The molecule has 1 heterocycles. The van der Waals surface area contributed by atoms with Gasteiger partial charge in [0.2, 0.25) is 15.9 Å². The van der Waals surface area contributed by atoms with Crippen LogP contribution >= 0.6 is 0 Å². The zero-order valence-corrected chi connectivity index (χ0v) is 16.5. The van der Waals surface area contributed by atoms with Crippen molar-refractivity contribution in [1.82, 2.24) is 0 Å². The maximum Gasteiger partial charge on any atom is 0.248 e. The minimum Gasteiger partial charge on any atom is -0.493 e. The quantitative estimate of drug-likeness (QED) is 0.723. The van der Waals surface area contributed by atoms with Gasteiger partial charge in [-0.05, 0) is 50.3 Å². The van der Waals surface area contributed by atoms with Crippen LogP contribution in [0, 0.1) is 0 Å². The Morgan fingerprint density at radius 2 is 2.14 bits per heavy atom. The van der Waals surface area contributed by atoms with E-state index in [1.807, 2.05) is 26.0 Å². The third-order valence-corrected chi connectivity index (χ3v) is 5.08. The molecule has 1 atom stereocenters. The zero-order chi connectivity index (χ0) is 20.3. The molecule has 0 radical (unpaired) electrons. The van der Waals surface area contributed by atoms with Crippen molar-refractivity contribution in [2.75, 3.05) is 11.9 Å². The summed E-state index contributed by atoms with van der Waals surface area (Å²) >= 11 is 0. The second kappa shape index (κ2) is 8.04. The predicted octanol–water partition coefficient (Wildman–Crippen LogP) is 2.71. The lowest BCUT2D eigenvalue weighted by Gasteiger charge is -2.10. The fourth-order valence-corrected chi connectivity index (χ4v) is 3.53. The van der Waals surface area contributed by atoms with Crippen LogP contribution in [0.5, 0.6) is 11.5 Å². The normalized spacial score (nSPS) is 15.9. The summed E-state index contributed by atoms with van der Waals surface area (Å²) in [6.45, 7) is 4.40. The van der Waals surface area contributed by atoms with Crippen LogP contribution in [0.25, 0.3) is 6.08 Å². The molecule has 1 amide bonds. The van der Waals surface area contributed by atoms with Crippen LogP contribution in [0.4, 0.5) is 5.69 Å². The minimum absolute atomic E-state index is 0.0715. The minimum atomic E-state index is -3.84. The highest BCUT2D eigenvalue weighted by Crippen LogP contribution is 2.35. The lowest BCUT2D eigenvalue weighted by molar-refractivity contribution is -0.111. The summed E-state index contributed by atoms with van der Waals surface area (Å²) in [5.74, 6) is 1.06. The Balaban J connectivity index is 1.78. The van der Waals surface area contributed by atoms with Crippen molar-refractivity contribution in [2.45, 2.75) is 31.3 Å². The zero-order valence-electron chi connectivity index (χ0n) is 15.6. The van der Waals surface area contributed by atoms with E-state index in [1.54, 1.807) is 12.1 Å². The molecule has 2 aromatic carbocycles. The molecule has 0 aliphatic carbocycles. The van der Waals surface area contributed by atoms with Gasteiger partial charge in [0, 0.05) is 29.3 Å². The number of benzene rings is 2. The molecule has 7 nitrogen and oxygen atoms in total. The number of anilines is 1. The van der Waals surface area contributed by atoms with E-state index in [-0.39, 0.29) is 11.0 Å². The molecule has 28 heavy (non-hydrogen) atoms. The van der Waals surface area contributed by atoms with Crippen molar-refractivity contribution in [3.8, 4) is 11.5 Å². The Morgan fingerprint density at radius 1 is 1.36 bits per heavy atom. The molecule has 0 spiro atoms. The molecular weight excluding hydrogens is 380 g/mol. The fraction of sp³-hybridized carbons (Fsp3) is 0.250. The van der Waals surface area contributed by atoms with E-state index in [1.165, 1.54) is 24.3 Å². The summed E-state index contributed by atoms with van der Waals surface area (Å²) < 4.78 is 34.3. The second-order valence-corrected chi connectivity index (χ2v) is 8.02. The number of amides is 1. The Hall–Kier alpha value is -2.84. The first-order chi connectivity index (χ1) is 13.3. The van der Waals surface area contributed by atoms with E-state index in [0.29, 0.717) is 18.0 Å². The fourth-order valence-electron chi connectivity index (χ4n) is 2.97. The number of primary sulfonamides is 1. The summed E-state index contributed by atoms with van der Waals surface area (Å²) in [5.41, 5.74) is 2.14. The molecule has 0 aromatic heterocycles. The molecule has 0 saturated carbocycles. The van der Waals surface area contributed by atoms with E-state index in [9.17, 15) is 13.2 Å². The Morgan fingerprint density at radius 3 is 2.86 bits per heavy atom.